The Morgan fingerprint density at radius 1 is 1.10 bits per heavy atom. The van der Waals surface area contributed by atoms with Crippen LogP contribution in [0.2, 0.25) is 13.1 Å². The number of unbranched alkanes of at least 4 members (excludes halogenated alkanes) is 3. The normalized spacial score (nSPS) is 10.8. The van der Waals surface area contributed by atoms with E-state index in [1.807, 2.05) is 0 Å². The molecule has 0 heterocycles. The van der Waals surface area contributed by atoms with Crippen molar-refractivity contribution in [3.8, 4) is 0 Å². The fourth-order valence-electron chi connectivity index (χ4n) is 0.805. The van der Waals surface area contributed by atoms with E-state index in [2.05, 4.69) is 20.0 Å². The Morgan fingerprint density at radius 3 is 2.30 bits per heavy atom. The van der Waals surface area contributed by atoms with Crippen molar-refractivity contribution in [2.24, 2.45) is 0 Å². The van der Waals surface area contributed by atoms with E-state index in [0.717, 1.165) is 6.61 Å². The van der Waals surface area contributed by atoms with Gasteiger partial charge in [0.2, 0.25) is 9.04 Å². The van der Waals surface area contributed by atoms with Gasteiger partial charge in [0.25, 0.3) is 0 Å². The molecule has 0 saturated heterocycles. The topological polar surface area (TPSA) is 9.23 Å². The molecule has 0 fully saturated rings. The molecule has 61 valence electrons. The summed E-state index contributed by atoms with van der Waals surface area (Å²) in [5.41, 5.74) is 0. The van der Waals surface area contributed by atoms with Gasteiger partial charge in [-0.2, -0.15) is 0 Å². The highest BCUT2D eigenvalue weighted by Gasteiger charge is 1.94. The third kappa shape index (κ3) is 8.18. The molecular formula is C8H19OSi. The first-order valence-corrected chi connectivity index (χ1v) is 6.61. The maximum atomic E-state index is 5.49. The average molecular weight is 159 g/mol. The predicted molar refractivity (Wildman–Crippen MR) is 47.6 cm³/mol. The summed E-state index contributed by atoms with van der Waals surface area (Å²) < 4.78 is 5.49. The van der Waals surface area contributed by atoms with Crippen LogP contribution < -0.4 is 0 Å². The van der Waals surface area contributed by atoms with Crippen LogP contribution in [-0.4, -0.2) is 15.6 Å². The van der Waals surface area contributed by atoms with E-state index in [1.54, 1.807) is 0 Å². The van der Waals surface area contributed by atoms with Crippen LogP contribution in [0, 0.1) is 0 Å². The number of hydrogen-bond acceptors (Lipinski definition) is 1. The van der Waals surface area contributed by atoms with E-state index in [-0.39, 0.29) is 0 Å². The highest BCUT2D eigenvalue weighted by molar-refractivity contribution is 6.48. The molecule has 0 aliphatic heterocycles. The van der Waals surface area contributed by atoms with Crippen LogP contribution in [0.5, 0.6) is 0 Å². The van der Waals surface area contributed by atoms with Gasteiger partial charge in [-0.05, 0) is 19.5 Å². The zero-order valence-electron chi connectivity index (χ0n) is 7.44. The van der Waals surface area contributed by atoms with E-state index < -0.39 is 9.04 Å². The quantitative estimate of drug-likeness (QED) is 0.428. The van der Waals surface area contributed by atoms with Crippen molar-refractivity contribution in [3.63, 3.8) is 0 Å². The molecule has 0 N–H and O–H groups in total. The molecule has 0 rings (SSSR count). The van der Waals surface area contributed by atoms with Gasteiger partial charge in [0, 0.05) is 6.61 Å². The van der Waals surface area contributed by atoms with Gasteiger partial charge in [0.05, 0.1) is 0 Å². The summed E-state index contributed by atoms with van der Waals surface area (Å²) in [5.74, 6) is 0. The van der Waals surface area contributed by atoms with Crippen LogP contribution in [-0.2, 0) is 4.43 Å². The van der Waals surface area contributed by atoms with Gasteiger partial charge in [-0.3, -0.25) is 0 Å². The Kier molecular flexibility index (Phi) is 7.41. The molecule has 0 saturated carbocycles. The molecule has 0 spiro atoms. The summed E-state index contributed by atoms with van der Waals surface area (Å²) in [5, 5.41) is 0. The lowest BCUT2D eigenvalue weighted by Gasteiger charge is -2.04. The second kappa shape index (κ2) is 7.29. The molecule has 1 nitrogen and oxygen atoms in total. The van der Waals surface area contributed by atoms with E-state index in [1.165, 1.54) is 25.7 Å². The van der Waals surface area contributed by atoms with E-state index in [0.29, 0.717) is 0 Å². The van der Waals surface area contributed by atoms with Crippen molar-refractivity contribution in [2.75, 3.05) is 6.61 Å². The fourth-order valence-corrected chi connectivity index (χ4v) is 1.36. The number of hydrogen-bond donors (Lipinski definition) is 0. The summed E-state index contributed by atoms with van der Waals surface area (Å²) >= 11 is 0. The molecule has 0 unspecified atom stereocenters. The lowest BCUT2D eigenvalue weighted by Crippen LogP contribution is -2.08. The third-order valence-corrected chi connectivity index (χ3v) is 2.17. The SMILES string of the molecule is CCCCCCO[Si](C)C. The van der Waals surface area contributed by atoms with Gasteiger partial charge in [-0.1, -0.05) is 26.2 Å². The Hall–Kier alpha value is 0.177. The van der Waals surface area contributed by atoms with Crippen molar-refractivity contribution in [3.05, 3.63) is 0 Å². The van der Waals surface area contributed by atoms with Gasteiger partial charge >= 0.3 is 0 Å². The van der Waals surface area contributed by atoms with Crippen LogP contribution in [0.3, 0.4) is 0 Å². The van der Waals surface area contributed by atoms with E-state index in [4.69, 9.17) is 4.43 Å². The van der Waals surface area contributed by atoms with Crippen molar-refractivity contribution >= 4 is 9.04 Å². The third-order valence-electron chi connectivity index (χ3n) is 1.39. The van der Waals surface area contributed by atoms with Crippen LogP contribution in [0.1, 0.15) is 32.6 Å². The van der Waals surface area contributed by atoms with E-state index in [9.17, 15) is 0 Å². The van der Waals surface area contributed by atoms with Crippen LogP contribution in [0.4, 0.5) is 0 Å². The van der Waals surface area contributed by atoms with Crippen LogP contribution in [0.15, 0.2) is 0 Å². The summed E-state index contributed by atoms with van der Waals surface area (Å²) in [6.07, 6.45) is 5.27. The smallest absolute Gasteiger partial charge is 0.204 e. The van der Waals surface area contributed by atoms with Gasteiger partial charge in [-0.25, -0.2) is 0 Å². The first-order chi connectivity index (χ1) is 4.77. The van der Waals surface area contributed by atoms with Gasteiger partial charge in [0.1, 0.15) is 0 Å². The molecule has 0 aliphatic rings. The van der Waals surface area contributed by atoms with Crippen molar-refractivity contribution in [1.29, 1.82) is 0 Å². The summed E-state index contributed by atoms with van der Waals surface area (Å²) in [6, 6.07) is 0. The minimum absolute atomic E-state index is 0.422. The maximum absolute atomic E-state index is 5.49. The van der Waals surface area contributed by atoms with E-state index >= 15 is 0 Å². The molecule has 10 heavy (non-hydrogen) atoms. The largest absolute Gasteiger partial charge is 0.417 e. The lowest BCUT2D eigenvalue weighted by atomic mass is 10.2. The predicted octanol–water partition coefficient (Wildman–Crippen LogP) is 2.83. The Labute approximate surface area is 66.5 Å². The second-order valence-corrected chi connectivity index (χ2v) is 4.92. The molecule has 0 aromatic carbocycles. The minimum Gasteiger partial charge on any atom is -0.417 e. The molecule has 0 aliphatic carbocycles. The molecule has 0 amide bonds. The summed E-state index contributed by atoms with van der Waals surface area (Å²) in [4.78, 5) is 0. The lowest BCUT2D eigenvalue weighted by molar-refractivity contribution is 0.312. The molecule has 0 bridgehead atoms. The highest BCUT2D eigenvalue weighted by Crippen LogP contribution is 1.99. The standard InChI is InChI=1S/C8H19OSi/c1-4-5-6-7-8-9-10(2)3/h4-8H2,1-3H3. The fraction of sp³-hybridized carbons (Fsp3) is 1.00. The minimum atomic E-state index is -0.422. The van der Waals surface area contributed by atoms with Crippen molar-refractivity contribution < 1.29 is 4.43 Å². The zero-order chi connectivity index (χ0) is 7.82. The van der Waals surface area contributed by atoms with Crippen molar-refractivity contribution in [2.45, 2.75) is 45.7 Å². The highest BCUT2D eigenvalue weighted by atomic mass is 28.3. The molecule has 0 aromatic rings. The van der Waals surface area contributed by atoms with Gasteiger partial charge < -0.3 is 4.43 Å². The molecule has 2 heteroatoms. The number of rotatable bonds is 6. The molecular weight excluding hydrogens is 140 g/mol. The first-order valence-electron chi connectivity index (χ1n) is 4.20. The van der Waals surface area contributed by atoms with Gasteiger partial charge in [0.15, 0.2) is 0 Å². The van der Waals surface area contributed by atoms with Crippen LogP contribution >= 0.6 is 0 Å². The van der Waals surface area contributed by atoms with Gasteiger partial charge in [-0.15, -0.1) is 0 Å². The van der Waals surface area contributed by atoms with Crippen molar-refractivity contribution in [1.82, 2.24) is 0 Å². The summed E-state index contributed by atoms with van der Waals surface area (Å²) in [7, 11) is -0.422. The Morgan fingerprint density at radius 2 is 1.80 bits per heavy atom. The molecule has 0 aromatic heterocycles. The second-order valence-electron chi connectivity index (χ2n) is 2.82. The molecule has 0 atom stereocenters. The summed E-state index contributed by atoms with van der Waals surface area (Å²) in [6.45, 7) is 7.59. The Balaban J connectivity index is 2.77. The maximum Gasteiger partial charge on any atom is 0.204 e. The monoisotopic (exact) mass is 159 g/mol. The Bertz CT molecular complexity index is 64.3. The average Bonchev–Trinajstić information content (AvgIpc) is 1.87. The molecule has 1 radical (unpaired) electrons. The van der Waals surface area contributed by atoms with Crippen LogP contribution in [0.25, 0.3) is 0 Å². The zero-order valence-corrected chi connectivity index (χ0v) is 8.44. The first kappa shape index (κ1) is 10.2.